The molecular formula is C23H28N6O2. The number of nitrogens with zero attached hydrogens (tertiary/aromatic N) is 5. The molecule has 1 aliphatic heterocycles. The van der Waals surface area contributed by atoms with Crippen LogP contribution in [0.5, 0.6) is 6.01 Å². The maximum absolute atomic E-state index is 9.65. The second-order valence-electron chi connectivity index (χ2n) is 7.76. The number of aromatic nitrogens is 3. The first kappa shape index (κ1) is 21.1. The first-order chi connectivity index (χ1) is 15.2. The SMILES string of the molecule is CCCCOc1nc(N)c2cc(C#N)n(Cc3ccc(CN4CCOCC4)cc3)c2n1. The van der Waals surface area contributed by atoms with Gasteiger partial charge in [0, 0.05) is 19.6 Å². The van der Waals surface area contributed by atoms with Crippen LogP contribution in [0.3, 0.4) is 0 Å². The third kappa shape index (κ3) is 4.95. The first-order valence-electron chi connectivity index (χ1n) is 10.8. The number of anilines is 1. The van der Waals surface area contributed by atoms with E-state index in [-0.39, 0.29) is 6.01 Å². The molecule has 31 heavy (non-hydrogen) atoms. The third-order valence-electron chi connectivity index (χ3n) is 5.48. The summed E-state index contributed by atoms with van der Waals surface area (Å²) in [5, 5.41) is 10.3. The number of ether oxygens (including phenoxy) is 2. The lowest BCUT2D eigenvalue weighted by molar-refractivity contribution is 0.0342. The summed E-state index contributed by atoms with van der Waals surface area (Å²) < 4.78 is 12.9. The molecular weight excluding hydrogens is 392 g/mol. The van der Waals surface area contributed by atoms with Crippen molar-refractivity contribution in [2.45, 2.75) is 32.9 Å². The van der Waals surface area contributed by atoms with E-state index in [0.717, 1.165) is 51.3 Å². The molecule has 0 amide bonds. The summed E-state index contributed by atoms with van der Waals surface area (Å²) in [4.78, 5) is 11.2. The summed E-state index contributed by atoms with van der Waals surface area (Å²) in [5.74, 6) is 0.326. The molecule has 0 radical (unpaired) electrons. The lowest BCUT2D eigenvalue weighted by Gasteiger charge is -2.26. The molecule has 4 rings (SSSR count). The van der Waals surface area contributed by atoms with Gasteiger partial charge in [-0.25, -0.2) is 0 Å². The van der Waals surface area contributed by atoms with Gasteiger partial charge < -0.3 is 19.8 Å². The van der Waals surface area contributed by atoms with E-state index in [1.807, 2.05) is 4.57 Å². The van der Waals surface area contributed by atoms with Crippen molar-refractivity contribution in [2.24, 2.45) is 0 Å². The summed E-state index contributed by atoms with van der Waals surface area (Å²) in [5.41, 5.74) is 9.60. The Bertz CT molecular complexity index is 1060. The lowest BCUT2D eigenvalue weighted by Crippen LogP contribution is -2.35. The second kappa shape index (κ2) is 9.77. The molecule has 1 fully saturated rings. The van der Waals surface area contributed by atoms with Gasteiger partial charge in [-0.15, -0.1) is 0 Å². The minimum atomic E-state index is 0.253. The van der Waals surface area contributed by atoms with E-state index >= 15 is 0 Å². The van der Waals surface area contributed by atoms with Gasteiger partial charge in [0.15, 0.2) is 5.65 Å². The van der Waals surface area contributed by atoms with Gasteiger partial charge in [-0.3, -0.25) is 4.90 Å². The van der Waals surface area contributed by atoms with Gasteiger partial charge in [-0.1, -0.05) is 37.6 Å². The van der Waals surface area contributed by atoms with E-state index in [4.69, 9.17) is 15.2 Å². The zero-order valence-corrected chi connectivity index (χ0v) is 17.9. The monoisotopic (exact) mass is 420 g/mol. The van der Waals surface area contributed by atoms with Crippen LogP contribution in [0.4, 0.5) is 5.82 Å². The summed E-state index contributed by atoms with van der Waals surface area (Å²) >= 11 is 0. The number of hydrogen-bond acceptors (Lipinski definition) is 7. The summed E-state index contributed by atoms with van der Waals surface area (Å²) in [7, 11) is 0. The number of morpholine rings is 1. The number of nitrogens with two attached hydrogens (primary N) is 1. The summed E-state index contributed by atoms with van der Waals surface area (Å²) in [6.07, 6.45) is 1.94. The number of unbranched alkanes of at least 4 members (excludes halogenated alkanes) is 1. The van der Waals surface area contributed by atoms with E-state index in [1.54, 1.807) is 6.07 Å². The number of nitrogen functional groups attached to an aromatic ring is 1. The van der Waals surface area contributed by atoms with Gasteiger partial charge in [0.25, 0.3) is 0 Å². The molecule has 0 atom stereocenters. The standard InChI is InChI=1S/C23H28N6O2/c1-2-3-10-31-23-26-21(25)20-13-19(14-24)29(22(20)27-23)16-18-6-4-17(5-7-18)15-28-8-11-30-12-9-28/h4-7,13H,2-3,8-12,15-16H2,1H3,(H2,25,26,27). The molecule has 2 N–H and O–H groups in total. The molecule has 2 aromatic heterocycles. The Morgan fingerprint density at radius 3 is 2.52 bits per heavy atom. The van der Waals surface area contributed by atoms with E-state index < -0.39 is 0 Å². The molecule has 1 saturated heterocycles. The Balaban J connectivity index is 1.55. The Labute approximate surface area is 182 Å². The highest BCUT2D eigenvalue weighted by Crippen LogP contribution is 2.26. The van der Waals surface area contributed by atoms with Crippen LogP contribution in [0, 0.1) is 11.3 Å². The minimum Gasteiger partial charge on any atom is -0.463 e. The predicted octanol–water partition coefficient (Wildman–Crippen LogP) is 2.94. The average molecular weight is 421 g/mol. The molecule has 0 aliphatic carbocycles. The molecule has 0 spiro atoms. The van der Waals surface area contributed by atoms with Crippen molar-refractivity contribution in [3.05, 3.63) is 47.2 Å². The topological polar surface area (TPSA) is 102 Å². The average Bonchev–Trinajstić information content (AvgIpc) is 3.14. The fourth-order valence-electron chi connectivity index (χ4n) is 3.70. The van der Waals surface area contributed by atoms with Crippen LogP contribution in [0.1, 0.15) is 36.6 Å². The van der Waals surface area contributed by atoms with Crippen molar-refractivity contribution in [2.75, 3.05) is 38.6 Å². The number of benzene rings is 1. The fraction of sp³-hybridized carbons (Fsp3) is 0.435. The number of hydrogen-bond donors (Lipinski definition) is 1. The van der Waals surface area contributed by atoms with Gasteiger partial charge in [0.1, 0.15) is 17.6 Å². The highest BCUT2D eigenvalue weighted by molar-refractivity contribution is 5.88. The van der Waals surface area contributed by atoms with Crippen LogP contribution in [-0.2, 0) is 17.8 Å². The van der Waals surface area contributed by atoms with Gasteiger partial charge in [0.2, 0.25) is 0 Å². The number of nitriles is 1. The van der Waals surface area contributed by atoms with Crippen molar-refractivity contribution in [3.8, 4) is 12.1 Å². The Morgan fingerprint density at radius 2 is 1.84 bits per heavy atom. The highest BCUT2D eigenvalue weighted by atomic mass is 16.5. The van der Waals surface area contributed by atoms with Crippen molar-refractivity contribution in [1.29, 1.82) is 5.26 Å². The smallest absolute Gasteiger partial charge is 0.320 e. The highest BCUT2D eigenvalue weighted by Gasteiger charge is 2.16. The molecule has 0 saturated carbocycles. The van der Waals surface area contributed by atoms with E-state index in [0.29, 0.717) is 35.7 Å². The number of rotatable bonds is 8. The molecule has 3 aromatic rings. The van der Waals surface area contributed by atoms with Crippen molar-refractivity contribution < 1.29 is 9.47 Å². The van der Waals surface area contributed by atoms with Gasteiger partial charge in [0.05, 0.1) is 31.8 Å². The third-order valence-corrected chi connectivity index (χ3v) is 5.48. The van der Waals surface area contributed by atoms with Gasteiger partial charge in [-0.05, 0) is 23.6 Å². The maximum atomic E-state index is 9.65. The Hall–Kier alpha value is -3.15. The molecule has 0 bridgehead atoms. The molecule has 0 unspecified atom stereocenters. The van der Waals surface area contributed by atoms with Crippen LogP contribution in [-0.4, -0.2) is 52.3 Å². The molecule has 3 heterocycles. The Morgan fingerprint density at radius 1 is 1.13 bits per heavy atom. The zero-order valence-electron chi connectivity index (χ0n) is 17.9. The van der Waals surface area contributed by atoms with Crippen LogP contribution < -0.4 is 10.5 Å². The van der Waals surface area contributed by atoms with E-state index in [9.17, 15) is 5.26 Å². The molecule has 8 heteroatoms. The summed E-state index contributed by atoms with van der Waals surface area (Å²) in [6, 6.07) is 12.7. The summed E-state index contributed by atoms with van der Waals surface area (Å²) in [6.45, 7) is 7.60. The van der Waals surface area contributed by atoms with Gasteiger partial charge in [-0.2, -0.15) is 15.2 Å². The minimum absolute atomic E-state index is 0.253. The van der Waals surface area contributed by atoms with Crippen LogP contribution in [0.25, 0.3) is 11.0 Å². The van der Waals surface area contributed by atoms with Gasteiger partial charge >= 0.3 is 6.01 Å². The fourth-order valence-corrected chi connectivity index (χ4v) is 3.70. The van der Waals surface area contributed by atoms with Crippen molar-refractivity contribution in [1.82, 2.24) is 19.4 Å². The van der Waals surface area contributed by atoms with E-state index in [1.165, 1.54) is 5.56 Å². The van der Waals surface area contributed by atoms with Crippen LogP contribution in [0.15, 0.2) is 30.3 Å². The molecule has 1 aromatic carbocycles. The maximum Gasteiger partial charge on any atom is 0.320 e. The van der Waals surface area contributed by atoms with Crippen molar-refractivity contribution >= 4 is 16.9 Å². The Kier molecular flexibility index (Phi) is 6.65. The predicted molar refractivity (Wildman–Crippen MR) is 119 cm³/mol. The second-order valence-corrected chi connectivity index (χ2v) is 7.76. The normalized spacial score (nSPS) is 14.6. The quantitative estimate of drug-likeness (QED) is 0.559. The molecule has 162 valence electrons. The lowest BCUT2D eigenvalue weighted by atomic mass is 10.1. The van der Waals surface area contributed by atoms with Crippen molar-refractivity contribution in [3.63, 3.8) is 0 Å². The zero-order chi connectivity index (χ0) is 21.6. The molecule has 8 nitrogen and oxygen atoms in total. The van der Waals surface area contributed by atoms with Crippen LogP contribution >= 0.6 is 0 Å². The van der Waals surface area contributed by atoms with Crippen LogP contribution in [0.2, 0.25) is 0 Å². The first-order valence-corrected chi connectivity index (χ1v) is 10.8. The largest absolute Gasteiger partial charge is 0.463 e. The van der Waals surface area contributed by atoms with E-state index in [2.05, 4.69) is 52.1 Å². The number of fused-ring (bicyclic) bond motifs is 1. The molecule has 1 aliphatic rings.